The van der Waals surface area contributed by atoms with Gasteiger partial charge in [0.15, 0.2) is 0 Å². The third-order valence-corrected chi connectivity index (χ3v) is 4.16. The molecular weight excluding hydrogens is 302 g/mol. The van der Waals surface area contributed by atoms with Gasteiger partial charge in [-0.3, -0.25) is 9.69 Å². The minimum absolute atomic E-state index is 0.202. The monoisotopic (exact) mass is 321 g/mol. The van der Waals surface area contributed by atoms with Gasteiger partial charge in [-0.05, 0) is 36.1 Å². The standard InChI is InChI=1S/C20H19NO3/c1-2-19(22)21-17-11-7-6-10-16(17)12-13-18(21)20(23)24-14-15-8-4-3-5-9-15/h2-11,18H,1,12-14H2. The quantitative estimate of drug-likeness (QED) is 0.641. The average molecular weight is 321 g/mol. The van der Waals surface area contributed by atoms with Crippen molar-refractivity contribution in [3.05, 3.63) is 78.4 Å². The lowest BCUT2D eigenvalue weighted by atomic mass is 9.95. The van der Waals surface area contributed by atoms with Crippen molar-refractivity contribution in [2.45, 2.75) is 25.5 Å². The van der Waals surface area contributed by atoms with Crippen LogP contribution in [0.5, 0.6) is 0 Å². The smallest absolute Gasteiger partial charge is 0.329 e. The highest BCUT2D eigenvalue weighted by atomic mass is 16.5. The van der Waals surface area contributed by atoms with E-state index in [-0.39, 0.29) is 18.5 Å². The van der Waals surface area contributed by atoms with E-state index < -0.39 is 6.04 Å². The van der Waals surface area contributed by atoms with Gasteiger partial charge < -0.3 is 4.74 Å². The van der Waals surface area contributed by atoms with E-state index in [1.54, 1.807) is 0 Å². The average Bonchev–Trinajstić information content (AvgIpc) is 2.65. The Bertz CT molecular complexity index is 754. The number of hydrogen-bond acceptors (Lipinski definition) is 3. The Hall–Kier alpha value is -2.88. The van der Waals surface area contributed by atoms with Crippen molar-refractivity contribution in [3.8, 4) is 0 Å². The molecule has 1 amide bonds. The maximum Gasteiger partial charge on any atom is 0.329 e. The topological polar surface area (TPSA) is 46.6 Å². The van der Waals surface area contributed by atoms with Gasteiger partial charge in [0.1, 0.15) is 12.6 Å². The lowest BCUT2D eigenvalue weighted by Gasteiger charge is -2.35. The second kappa shape index (κ2) is 7.13. The molecule has 0 fully saturated rings. The van der Waals surface area contributed by atoms with E-state index in [2.05, 4.69) is 6.58 Å². The highest BCUT2D eigenvalue weighted by molar-refractivity contribution is 6.06. The Kier molecular flexibility index (Phi) is 4.75. The van der Waals surface area contributed by atoms with Crippen LogP contribution in [0.1, 0.15) is 17.5 Å². The molecule has 1 unspecified atom stereocenters. The van der Waals surface area contributed by atoms with Crippen molar-refractivity contribution >= 4 is 17.6 Å². The molecular formula is C20H19NO3. The predicted molar refractivity (Wildman–Crippen MR) is 92.5 cm³/mol. The Morgan fingerprint density at radius 2 is 1.83 bits per heavy atom. The van der Waals surface area contributed by atoms with Gasteiger partial charge in [-0.25, -0.2) is 4.79 Å². The van der Waals surface area contributed by atoms with Crippen LogP contribution < -0.4 is 4.90 Å². The Morgan fingerprint density at radius 3 is 2.58 bits per heavy atom. The van der Waals surface area contributed by atoms with E-state index in [9.17, 15) is 9.59 Å². The molecule has 1 heterocycles. The molecule has 122 valence electrons. The molecule has 0 N–H and O–H groups in total. The van der Waals surface area contributed by atoms with Gasteiger partial charge >= 0.3 is 5.97 Å². The van der Waals surface area contributed by atoms with Crippen LogP contribution in [0.15, 0.2) is 67.3 Å². The number of carbonyl (C=O) groups is 2. The van der Waals surface area contributed by atoms with Gasteiger partial charge in [0.2, 0.25) is 0 Å². The minimum Gasteiger partial charge on any atom is -0.459 e. The molecule has 2 aromatic carbocycles. The molecule has 3 rings (SSSR count). The van der Waals surface area contributed by atoms with Gasteiger partial charge in [-0.2, -0.15) is 0 Å². The van der Waals surface area contributed by atoms with Crippen LogP contribution in [0.3, 0.4) is 0 Å². The Balaban J connectivity index is 1.79. The van der Waals surface area contributed by atoms with E-state index >= 15 is 0 Å². The molecule has 1 aliphatic rings. The van der Waals surface area contributed by atoms with Crippen molar-refractivity contribution in [2.75, 3.05) is 4.90 Å². The molecule has 4 heteroatoms. The van der Waals surface area contributed by atoms with Crippen LogP contribution in [0.2, 0.25) is 0 Å². The summed E-state index contributed by atoms with van der Waals surface area (Å²) in [7, 11) is 0. The number of rotatable bonds is 4. The Labute approximate surface area is 141 Å². The summed E-state index contributed by atoms with van der Waals surface area (Å²) in [6, 6.07) is 16.5. The van der Waals surface area contributed by atoms with Crippen molar-refractivity contribution in [1.29, 1.82) is 0 Å². The van der Waals surface area contributed by atoms with Crippen LogP contribution in [-0.4, -0.2) is 17.9 Å². The number of carbonyl (C=O) groups excluding carboxylic acids is 2. The third-order valence-electron chi connectivity index (χ3n) is 4.16. The number of para-hydroxylation sites is 1. The lowest BCUT2D eigenvalue weighted by molar-refractivity contribution is -0.147. The van der Waals surface area contributed by atoms with Crippen LogP contribution in [0.4, 0.5) is 5.69 Å². The van der Waals surface area contributed by atoms with Crippen molar-refractivity contribution in [3.63, 3.8) is 0 Å². The highest BCUT2D eigenvalue weighted by Gasteiger charge is 2.35. The summed E-state index contributed by atoms with van der Waals surface area (Å²) in [6.45, 7) is 3.76. The lowest BCUT2D eigenvalue weighted by Crippen LogP contribution is -2.48. The Morgan fingerprint density at radius 1 is 1.12 bits per heavy atom. The molecule has 0 spiro atoms. The largest absolute Gasteiger partial charge is 0.459 e. The molecule has 1 atom stereocenters. The van der Waals surface area contributed by atoms with Crippen LogP contribution >= 0.6 is 0 Å². The number of aryl methyl sites for hydroxylation is 1. The van der Waals surface area contributed by atoms with E-state index in [4.69, 9.17) is 4.74 Å². The van der Waals surface area contributed by atoms with E-state index in [0.717, 1.165) is 23.2 Å². The fraction of sp³-hybridized carbons (Fsp3) is 0.200. The molecule has 2 aromatic rings. The summed E-state index contributed by atoms with van der Waals surface area (Å²) in [6.07, 6.45) is 2.52. The molecule has 0 radical (unpaired) electrons. The summed E-state index contributed by atoms with van der Waals surface area (Å²) in [5, 5.41) is 0. The van der Waals surface area contributed by atoms with Gasteiger partial charge in [0, 0.05) is 5.69 Å². The zero-order valence-electron chi connectivity index (χ0n) is 13.4. The first-order chi connectivity index (χ1) is 11.7. The zero-order valence-corrected chi connectivity index (χ0v) is 13.4. The molecule has 0 saturated heterocycles. The molecule has 0 aliphatic carbocycles. The number of hydrogen-bond donors (Lipinski definition) is 0. The summed E-state index contributed by atoms with van der Waals surface area (Å²) in [4.78, 5) is 26.4. The maximum atomic E-state index is 12.6. The number of amides is 1. The SMILES string of the molecule is C=CC(=O)N1c2ccccc2CCC1C(=O)OCc1ccccc1. The second-order valence-electron chi connectivity index (χ2n) is 5.69. The van der Waals surface area contributed by atoms with E-state index in [1.807, 2.05) is 54.6 Å². The fourth-order valence-corrected chi connectivity index (χ4v) is 2.97. The second-order valence-corrected chi connectivity index (χ2v) is 5.69. The van der Waals surface area contributed by atoms with E-state index in [0.29, 0.717) is 6.42 Å². The first-order valence-corrected chi connectivity index (χ1v) is 7.95. The summed E-state index contributed by atoms with van der Waals surface area (Å²) < 4.78 is 5.44. The number of benzene rings is 2. The van der Waals surface area contributed by atoms with E-state index in [1.165, 1.54) is 11.0 Å². The number of anilines is 1. The molecule has 0 saturated carbocycles. The number of ether oxygens (including phenoxy) is 1. The van der Waals surface area contributed by atoms with Crippen LogP contribution in [0, 0.1) is 0 Å². The molecule has 1 aliphatic heterocycles. The molecule has 0 aromatic heterocycles. The first-order valence-electron chi connectivity index (χ1n) is 7.95. The number of esters is 1. The molecule has 4 nitrogen and oxygen atoms in total. The van der Waals surface area contributed by atoms with Crippen LogP contribution in [0.25, 0.3) is 0 Å². The molecule has 0 bridgehead atoms. The normalized spacial score (nSPS) is 16.2. The first kappa shape index (κ1) is 16.0. The minimum atomic E-state index is -0.617. The molecule has 24 heavy (non-hydrogen) atoms. The number of fused-ring (bicyclic) bond motifs is 1. The summed E-state index contributed by atoms with van der Waals surface area (Å²) >= 11 is 0. The van der Waals surface area contributed by atoms with Crippen molar-refractivity contribution in [1.82, 2.24) is 0 Å². The summed E-state index contributed by atoms with van der Waals surface area (Å²) in [5.74, 6) is -0.674. The van der Waals surface area contributed by atoms with Gasteiger partial charge in [-0.15, -0.1) is 0 Å². The third kappa shape index (κ3) is 3.23. The van der Waals surface area contributed by atoms with Crippen LogP contribution in [-0.2, 0) is 27.4 Å². The van der Waals surface area contributed by atoms with Crippen molar-refractivity contribution in [2.24, 2.45) is 0 Å². The maximum absolute atomic E-state index is 12.6. The predicted octanol–water partition coefficient (Wildman–Crippen LogP) is 3.26. The van der Waals surface area contributed by atoms with Crippen molar-refractivity contribution < 1.29 is 14.3 Å². The number of nitrogens with zero attached hydrogens (tertiary/aromatic N) is 1. The van der Waals surface area contributed by atoms with Gasteiger partial charge in [-0.1, -0.05) is 55.1 Å². The zero-order chi connectivity index (χ0) is 16.9. The fourth-order valence-electron chi connectivity index (χ4n) is 2.97. The van der Waals surface area contributed by atoms with Gasteiger partial charge in [0.25, 0.3) is 5.91 Å². The highest BCUT2D eigenvalue weighted by Crippen LogP contribution is 2.31. The summed E-state index contributed by atoms with van der Waals surface area (Å²) in [5.41, 5.74) is 2.73. The van der Waals surface area contributed by atoms with Gasteiger partial charge in [0.05, 0.1) is 0 Å².